The standard InChI is InChI=1S/C22H23F2N9O2/c1-25-21-20-19(17-2-3-18-26-6-12(9-34)33(18)29-17)15(24)8-32(20)30-22(28-21)27-16-4-5-31(7-14(16)23)13-10-35-11-13/h2-3,6,8-9,13-14,16H,4-5,7,10-11H2,1H3,(H2,25,27,28,30). The van der Waals surface area contributed by atoms with Gasteiger partial charge < -0.3 is 15.4 Å². The molecule has 2 aliphatic rings. The Morgan fingerprint density at radius 2 is 2.11 bits per heavy atom. The van der Waals surface area contributed by atoms with Crippen LogP contribution in [0.4, 0.5) is 20.5 Å². The van der Waals surface area contributed by atoms with Crippen LogP contribution < -0.4 is 10.6 Å². The predicted octanol–water partition coefficient (Wildman–Crippen LogP) is 1.66. The number of anilines is 2. The number of carbonyl (C=O) groups is 1. The average molecular weight is 483 g/mol. The summed E-state index contributed by atoms with van der Waals surface area (Å²) in [7, 11) is 1.66. The Labute approximate surface area is 198 Å². The molecule has 2 atom stereocenters. The molecular formula is C22H23F2N9O2. The van der Waals surface area contributed by atoms with Gasteiger partial charge in [-0.2, -0.15) is 10.1 Å². The van der Waals surface area contributed by atoms with Crippen molar-refractivity contribution in [3.8, 4) is 11.3 Å². The Bertz CT molecular complexity index is 1420. The van der Waals surface area contributed by atoms with E-state index >= 15 is 4.39 Å². The second-order valence-corrected chi connectivity index (χ2v) is 8.71. The third-order valence-electron chi connectivity index (χ3n) is 6.61. The molecule has 0 bridgehead atoms. The first kappa shape index (κ1) is 21.8. The van der Waals surface area contributed by atoms with Crippen molar-refractivity contribution in [1.82, 2.24) is 34.1 Å². The van der Waals surface area contributed by atoms with Gasteiger partial charge in [0, 0.05) is 20.1 Å². The summed E-state index contributed by atoms with van der Waals surface area (Å²) in [6.07, 6.45) is 2.75. The summed E-state index contributed by atoms with van der Waals surface area (Å²) >= 11 is 0. The largest absolute Gasteiger partial charge is 0.378 e. The Morgan fingerprint density at radius 1 is 1.26 bits per heavy atom. The fourth-order valence-corrected chi connectivity index (χ4v) is 4.66. The molecule has 2 aliphatic heterocycles. The third kappa shape index (κ3) is 3.67. The Hall–Kier alpha value is -3.71. The fraction of sp³-hybridized carbons (Fsp3) is 0.409. The lowest BCUT2D eigenvalue weighted by atomic mass is 10.0. The number of aromatic nitrogens is 6. The number of nitrogens with one attached hydrogen (secondary N) is 2. The number of hydrogen-bond acceptors (Lipinski definition) is 9. The monoisotopic (exact) mass is 483 g/mol. The maximum atomic E-state index is 15.2. The number of piperidine rings is 1. The van der Waals surface area contributed by atoms with Crippen LogP contribution in [0.2, 0.25) is 0 Å². The number of nitrogens with zero attached hydrogens (tertiary/aromatic N) is 7. The highest BCUT2D eigenvalue weighted by Gasteiger charge is 2.35. The zero-order chi connectivity index (χ0) is 24.1. The van der Waals surface area contributed by atoms with Crippen molar-refractivity contribution >= 4 is 29.2 Å². The molecule has 2 N–H and O–H groups in total. The Balaban J connectivity index is 1.33. The van der Waals surface area contributed by atoms with Gasteiger partial charge in [-0.15, -0.1) is 5.10 Å². The number of fused-ring (bicyclic) bond motifs is 2. The molecule has 35 heavy (non-hydrogen) atoms. The number of alkyl halides is 1. The first-order valence-electron chi connectivity index (χ1n) is 11.3. The number of aldehydes is 1. The summed E-state index contributed by atoms with van der Waals surface area (Å²) in [4.78, 5) is 22.0. The molecule has 6 heterocycles. The van der Waals surface area contributed by atoms with E-state index in [-0.39, 0.29) is 28.9 Å². The van der Waals surface area contributed by atoms with Gasteiger partial charge in [-0.25, -0.2) is 22.8 Å². The van der Waals surface area contributed by atoms with Crippen molar-refractivity contribution in [2.45, 2.75) is 24.7 Å². The van der Waals surface area contributed by atoms with Gasteiger partial charge in [0.1, 0.15) is 17.4 Å². The van der Waals surface area contributed by atoms with Crippen LogP contribution in [0.1, 0.15) is 16.9 Å². The minimum absolute atomic E-state index is 0.174. The van der Waals surface area contributed by atoms with Crippen molar-refractivity contribution in [1.29, 1.82) is 0 Å². The second kappa shape index (κ2) is 8.50. The van der Waals surface area contributed by atoms with Crippen LogP contribution in [0, 0.1) is 5.82 Å². The van der Waals surface area contributed by atoms with E-state index in [4.69, 9.17) is 4.74 Å². The molecule has 4 aromatic rings. The van der Waals surface area contributed by atoms with Crippen molar-refractivity contribution in [2.24, 2.45) is 0 Å². The fourth-order valence-electron chi connectivity index (χ4n) is 4.66. The topological polar surface area (TPSA) is 114 Å². The summed E-state index contributed by atoms with van der Waals surface area (Å²) in [6, 6.07) is 3.10. The maximum Gasteiger partial charge on any atom is 0.243 e. The van der Waals surface area contributed by atoms with Crippen LogP contribution in [-0.4, -0.2) is 92.0 Å². The normalized spacial score (nSPS) is 21.3. The van der Waals surface area contributed by atoms with Gasteiger partial charge in [0.2, 0.25) is 5.95 Å². The summed E-state index contributed by atoms with van der Waals surface area (Å²) in [5.41, 5.74) is 1.54. The molecule has 0 amide bonds. The van der Waals surface area contributed by atoms with E-state index < -0.39 is 18.0 Å². The molecule has 0 saturated carbocycles. The van der Waals surface area contributed by atoms with E-state index in [1.165, 1.54) is 21.4 Å². The number of halogens is 2. The van der Waals surface area contributed by atoms with Gasteiger partial charge in [0.25, 0.3) is 0 Å². The molecule has 2 saturated heterocycles. The summed E-state index contributed by atoms with van der Waals surface area (Å²) < 4.78 is 38.0. The van der Waals surface area contributed by atoms with Gasteiger partial charge in [0.15, 0.2) is 23.6 Å². The van der Waals surface area contributed by atoms with Gasteiger partial charge in [0.05, 0.1) is 48.9 Å². The Kier molecular flexibility index (Phi) is 5.29. The van der Waals surface area contributed by atoms with Crippen LogP contribution in [-0.2, 0) is 4.74 Å². The van der Waals surface area contributed by atoms with Crippen molar-refractivity contribution in [3.05, 3.63) is 36.0 Å². The minimum atomic E-state index is -1.10. The van der Waals surface area contributed by atoms with E-state index in [2.05, 4.69) is 35.7 Å². The number of ether oxygens (including phenoxy) is 1. The van der Waals surface area contributed by atoms with Gasteiger partial charge >= 0.3 is 0 Å². The highest BCUT2D eigenvalue weighted by Crippen LogP contribution is 2.32. The van der Waals surface area contributed by atoms with E-state index in [1.54, 1.807) is 19.2 Å². The minimum Gasteiger partial charge on any atom is -0.378 e. The second-order valence-electron chi connectivity index (χ2n) is 8.71. The van der Waals surface area contributed by atoms with E-state index in [0.717, 1.165) is 6.54 Å². The molecule has 4 aromatic heterocycles. The highest BCUT2D eigenvalue weighted by atomic mass is 19.1. The van der Waals surface area contributed by atoms with Gasteiger partial charge in [-0.3, -0.25) is 9.69 Å². The summed E-state index contributed by atoms with van der Waals surface area (Å²) in [5, 5.41) is 14.9. The lowest BCUT2D eigenvalue weighted by Gasteiger charge is -2.42. The van der Waals surface area contributed by atoms with Crippen LogP contribution in [0.15, 0.2) is 24.5 Å². The number of imidazole rings is 1. The molecule has 182 valence electrons. The molecule has 11 nitrogen and oxygen atoms in total. The first-order chi connectivity index (χ1) is 17.1. The zero-order valence-electron chi connectivity index (χ0n) is 18.9. The smallest absolute Gasteiger partial charge is 0.243 e. The van der Waals surface area contributed by atoms with Gasteiger partial charge in [-0.1, -0.05) is 0 Å². The number of likely N-dealkylation sites (tertiary alicyclic amines) is 1. The summed E-state index contributed by atoms with van der Waals surface area (Å²) in [6.45, 7) is 2.37. The van der Waals surface area contributed by atoms with E-state index in [0.29, 0.717) is 49.4 Å². The highest BCUT2D eigenvalue weighted by molar-refractivity contribution is 5.88. The van der Waals surface area contributed by atoms with Crippen molar-refractivity contribution < 1.29 is 18.3 Å². The van der Waals surface area contributed by atoms with Crippen molar-refractivity contribution in [3.63, 3.8) is 0 Å². The quantitative estimate of drug-likeness (QED) is 0.395. The van der Waals surface area contributed by atoms with E-state index in [9.17, 15) is 9.18 Å². The molecule has 0 spiro atoms. The SMILES string of the molecule is CNc1nc(NC2CCN(C3COC3)CC2F)nn2cc(F)c(-c3ccc4ncc(C=O)n4n3)c12. The van der Waals surface area contributed by atoms with Crippen molar-refractivity contribution in [2.75, 3.05) is 44.0 Å². The van der Waals surface area contributed by atoms with Crippen LogP contribution in [0.25, 0.3) is 22.4 Å². The van der Waals surface area contributed by atoms with E-state index in [1.807, 2.05) is 0 Å². The average Bonchev–Trinajstić information content (AvgIpc) is 3.38. The van der Waals surface area contributed by atoms with Crippen LogP contribution >= 0.6 is 0 Å². The maximum absolute atomic E-state index is 15.2. The molecule has 2 fully saturated rings. The summed E-state index contributed by atoms with van der Waals surface area (Å²) in [5.74, 6) is -0.0197. The lowest BCUT2D eigenvalue weighted by Crippen LogP contribution is -2.57. The van der Waals surface area contributed by atoms with Crippen LogP contribution in [0.5, 0.6) is 0 Å². The van der Waals surface area contributed by atoms with Gasteiger partial charge in [-0.05, 0) is 18.6 Å². The lowest BCUT2D eigenvalue weighted by molar-refractivity contribution is -0.0794. The zero-order valence-corrected chi connectivity index (χ0v) is 18.9. The number of hydrogen-bond donors (Lipinski definition) is 2. The van der Waals surface area contributed by atoms with Crippen LogP contribution in [0.3, 0.4) is 0 Å². The molecule has 0 aromatic carbocycles. The molecule has 0 radical (unpaired) electrons. The molecule has 13 heteroatoms. The predicted molar refractivity (Wildman–Crippen MR) is 123 cm³/mol. The number of carbonyl (C=O) groups excluding carboxylic acids is 1. The molecular weight excluding hydrogens is 460 g/mol. The first-order valence-corrected chi connectivity index (χ1v) is 11.3. The Morgan fingerprint density at radius 3 is 2.83 bits per heavy atom. The molecule has 6 rings (SSSR count). The third-order valence-corrected chi connectivity index (χ3v) is 6.61. The molecule has 2 unspecified atom stereocenters. The number of rotatable bonds is 6. The molecule has 0 aliphatic carbocycles.